The van der Waals surface area contributed by atoms with Gasteiger partial charge in [0, 0.05) is 6.42 Å². The van der Waals surface area contributed by atoms with Gasteiger partial charge < -0.3 is 31.9 Å². The molecule has 166 valence electrons. The topological polar surface area (TPSA) is 171 Å². The predicted molar refractivity (Wildman–Crippen MR) is 109 cm³/mol. The summed E-state index contributed by atoms with van der Waals surface area (Å²) < 4.78 is 0. The molecule has 0 radical (unpaired) electrons. The Balaban J connectivity index is 3.00. The minimum atomic E-state index is -1.19. The van der Waals surface area contributed by atoms with Crippen molar-refractivity contribution in [3.8, 4) is 5.75 Å². The molecule has 3 amide bonds. The number of hydrogen-bond acceptors (Lipinski definition) is 6. The predicted octanol–water partition coefficient (Wildman–Crippen LogP) is -0.503. The SMILES string of the molecule is CC(N)C(=O)NC(C)C(=O)NC(Cc1ccc(O)cc1)C(=O)NC(C(=O)O)C(C)C. The Labute approximate surface area is 175 Å². The first-order chi connectivity index (χ1) is 13.9. The summed E-state index contributed by atoms with van der Waals surface area (Å²) in [6, 6.07) is 2.04. The van der Waals surface area contributed by atoms with E-state index in [9.17, 15) is 29.4 Å². The number of benzene rings is 1. The van der Waals surface area contributed by atoms with Crippen molar-refractivity contribution in [2.75, 3.05) is 0 Å². The van der Waals surface area contributed by atoms with E-state index in [1.807, 2.05) is 0 Å². The first kappa shape index (κ1) is 24.9. The third kappa shape index (κ3) is 7.70. The zero-order chi connectivity index (χ0) is 23.0. The molecule has 0 saturated carbocycles. The van der Waals surface area contributed by atoms with Gasteiger partial charge in [0.05, 0.1) is 6.04 Å². The number of phenolic OH excluding ortho intramolecular Hbond substituents is 1. The van der Waals surface area contributed by atoms with Crippen LogP contribution < -0.4 is 21.7 Å². The zero-order valence-corrected chi connectivity index (χ0v) is 17.5. The Morgan fingerprint density at radius 1 is 0.900 bits per heavy atom. The molecule has 0 aliphatic rings. The molecule has 10 nitrogen and oxygen atoms in total. The van der Waals surface area contributed by atoms with E-state index < -0.39 is 47.9 Å². The largest absolute Gasteiger partial charge is 0.508 e. The van der Waals surface area contributed by atoms with E-state index in [1.54, 1.807) is 26.0 Å². The van der Waals surface area contributed by atoms with Crippen LogP contribution in [0, 0.1) is 5.92 Å². The van der Waals surface area contributed by atoms with Gasteiger partial charge in [-0.15, -0.1) is 0 Å². The molecule has 4 unspecified atom stereocenters. The van der Waals surface area contributed by atoms with E-state index in [0.29, 0.717) is 5.56 Å². The molecule has 7 N–H and O–H groups in total. The maximum absolute atomic E-state index is 12.8. The molecule has 10 heteroatoms. The highest BCUT2D eigenvalue weighted by molar-refractivity contribution is 5.94. The van der Waals surface area contributed by atoms with E-state index in [0.717, 1.165) is 0 Å². The van der Waals surface area contributed by atoms with Gasteiger partial charge in [-0.05, 0) is 37.5 Å². The van der Waals surface area contributed by atoms with Crippen molar-refractivity contribution in [2.24, 2.45) is 11.7 Å². The van der Waals surface area contributed by atoms with E-state index in [2.05, 4.69) is 16.0 Å². The van der Waals surface area contributed by atoms with E-state index in [-0.39, 0.29) is 18.1 Å². The molecule has 0 saturated heterocycles. The number of aliphatic carboxylic acids is 1. The van der Waals surface area contributed by atoms with Gasteiger partial charge in [-0.25, -0.2) is 4.79 Å². The average molecular weight is 422 g/mol. The van der Waals surface area contributed by atoms with Gasteiger partial charge in [0.1, 0.15) is 23.9 Å². The second-order valence-electron chi connectivity index (χ2n) is 7.52. The van der Waals surface area contributed by atoms with Crippen LogP contribution in [0.2, 0.25) is 0 Å². The Kier molecular flexibility index (Phi) is 9.25. The van der Waals surface area contributed by atoms with Crippen molar-refractivity contribution in [3.63, 3.8) is 0 Å². The average Bonchev–Trinajstić information content (AvgIpc) is 2.66. The van der Waals surface area contributed by atoms with Crippen molar-refractivity contribution in [1.29, 1.82) is 0 Å². The molecule has 0 aliphatic carbocycles. The maximum Gasteiger partial charge on any atom is 0.326 e. The lowest BCUT2D eigenvalue weighted by Crippen LogP contribution is -2.57. The highest BCUT2D eigenvalue weighted by atomic mass is 16.4. The highest BCUT2D eigenvalue weighted by Gasteiger charge is 2.30. The van der Waals surface area contributed by atoms with Crippen LogP contribution in [0.3, 0.4) is 0 Å². The number of amides is 3. The molecule has 0 spiro atoms. The molecular formula is C20H30N4O6. The van der Waals surface area contributed by atoms with Crippen LogP contribution in [0.15, 0.2) is 24.3 Å². The summed E-state index contributed by atoms with van der Waals surface area (Å²) in [7, 11) is 0. The zero-order valence-electron chi connectivity index (χ0n) is 17.5. The summed E-state index contributed by atoms with van der Waals surface area (Å²) in [5, 5.41) is 26.2. The van der Waals surface area contributed by atoms with Crippen LogP contribution in [0.25, 0.3) is 0 Å². The first-order valence-electron chi connectivity index (χ1n) is 9.59. The number of carbonyl (C=O) groups excluding carboxylic acids is 3. The third-order valence-electron chi connectivity index (χ3n) is 4.41. The number of nitrogens with one attached hydrogen (secondary N) is 3. The number of rotatable bonds is 10. The Hall–Kier alpha value is -3.14. The van der Waals surface area contributed by atoms with Crippen LogP contribution in [0.5, 0.6) is 5.75 Å². The highest BCUT2D eigenvalue weighted by Crippen LogP contribution is 2.12. The van der Waals surface area contributed by atoms with Gasteiger partial charge in [-0.3, -0.25) is 14.4 Å². The van der Waals surface area contributed by atoms with Crippen molar-refractivity contribution in [2.45, 2.75) is 58.3 Å². The van der Waals surface area contributed by atoms with E-state index >= 15 is 0 Å². The van der Waals surface area contributed by atoms with E-state index in [4.69, 9.17) is 5.73 Å². The number of hydrogen-bond donors (Lipinski definition) is 6. The molecule has 0 bridgehead atoms. The minimum Gasteiger partial charge on any atom is -0.508 e. The summed E-state index contributed by atoms with van der Waals surface area (Å²) in [6.45, 7) is 6.22. The number of carboxylic acids is 1. The Bertz CT molecular complexity index is 763. The fraction of sp³-hybridized carbons (Fsp3) is 0.500. The molecule has 1 aromatic rings. The fourth-order valence-electron chi connectivity index (χ4n) is 2.55. The van der Waals surface area contributed by atoms with Crippen LogP contribution in [0.1, 0.15) is 33.3 Å². The summed E-state index contributed by atoms with van der Waals surface area (Å²) >= 11 is 0. The normalized spacial score (nSPS) is 14.9. The number of carboxylic acid groups (broad SMARTS) is 1. The lowest BCUT2D eigenvalue weighted by atomic mass is 10.0. The molecule has 30 heavy (non-hydrogen) atoms. The smallest absolute Gasteiger partial charge is 0.326 e. The standard InChI is InChI=1S/C20H30N4O6/c1-10(2)16(20(29)30)24-19(28)15(9-13-5-7-14(25)8-6-13)23-18(27)12(4)22-17(26)11(3)21/h5-8,10-12,15-16,25H,9,21H2,1-4H3,(H,22,26)(H,23,27)(H,24,28)(H,29,30). The molecular weight excluding hydrogens is 392 g/mol. The van der Waals surface area contributed by atoms with Crippen LogP contribution in [0.4, 0.5) is 0 Å². The molecule has 0 aromatic heterocycles. The third-order valence-corrected chi connectivity index (χ3v) is 4.41. The lowest BCUT2D eigenvalue weighted by Gasteiger charge is -2.25. The molecule has 0 heterocycles. The van der Waals surface area contributed by atoms with Crippen molar-refractivity contribution >= 4 is 23.7 Å². The molecule has 4 atom stereocenters. The van der Waals surface area contributed by atoms with Gasteiger partial charge in [-0.1, -0.05) is 26.0 Å². The van der Waals surface area contributed by atoms with Crippen molar-refractivity contribution < 1.29 is 29.4 Å². The molecule has 0 fully saturated rings. The van der Waals surface area contributed by atoms with Gasteiger partial charge in [0.15, 0.2) is 0 Å². The minimum absolute atomic E-state index is 0.0433. The van der Waals surface area contributed by atoms with Crippen molar-refractivity contribution in [3.05, 3.63) is 29.8 Å². The van der Waals surface area contributed by atoms with Crippen LogP contribution in [-0.4, -0.2) is 58.1 Å². The lowest BCUT2D eigenvalue weighted by molar-refractivity contribution is -0.143. The Morgan fingerprint density at radius 2 is 1.47 bits per heavy atom. The number of carbonyl (C=O) groups is 4. The first-order valence-corrected chi connectivity index (χ1v) is 9.59. The van der Waals surface area contributed by atoms with E-state index in [1.165, 1.54) is 26.0 Å². The molecule has 1 rings (SSSR count). The van der Waals surface area contributed by atoms with Gasteiger partial charge in [0.25, 0.3) is 0 Å². The van der Waals surface area contributed by atoms with Gasteiger partial charge in [0.2, 0.25) is 17.7 Å². The fourth-order valence-corrected chi connectivity index (χ4v) is 2.55. The summed E-state index contributed by atoms with van der Waals surface area (Å²) in [4.78, 5) is 48.4. The second-order valence-corrected chi connectivity index (χ2v) is 7.52. The van der Waals surface area contributed by atoms with Gasteiger partial charge >= 0.3 is 5.97 Å². The second kappa shape index (κ2) is 11.1. The van der Waals surface area contributed by atoms with Crippen LogP contribution in [-0.2, 0) is 25.6 Å². The monoisotopic (exact) mass is 422 g/mol. The summed E-state index contributed by atoms with van der Waals surface area (Å²) in [5.74, 6) is -3.35. The number of nitrogens with two attached hydrogens (primary N) is 1. The summed E-state index contributed by atoms with van der Waals surface area (Å²) in [6.07, 6.45) is 0.0518. The maximum atomic E-state index is 12.8. The van der Waals surface area contributed by atoms with Gasteiger partial charge in [-0.2, -0.15) is 0 Å². The quantitative estimate of drug-likeness (QED) is 0.295. The number of aromatic hydroxyl groups is 1. The Morgan fingerprint density at radius 3 is 1.93 bits per heavy atom. The molecule has 1 aromatic carbocycles. The molecule has 0 aliphatic heterocycles. The van der Waals surface area contributed by atoms with Crippen LogP contribution >= 0.6 is 0 Å². The summed E-state index contributed by atoms with van der Waals surface area (Å²) in [5.41, 5.74) is 6.11. The van der Waals surface area contributed by atoms with Crippen molar-refractivity contribution in [1.82, 2.24) is 16.0 Å². The number of phenols is 1.